The molecule has 1 N–H and O–H groups in total. The number of benzene rings is 3. The molecule has 0 spiro atoms. The van der Waals surface area contributed by atoms with Gasteiger partial charge in [-0.1, -0.05) is 54.1 Å². The molecular formula is C32H30FN3O3S. The molecule has 3 heterocycles. The summed E-state index contributed by atoms with van der Waals surface area (Å²) in [5.41, 5.74) is 5.59. The van der Waals surface area contributed by atoms with Crippen molar-refractivity contribution in [3.63, 3.8) is 0 Å². The maximum Gasteiger partial charge on any atom is 0.269 e. The van der Waals surface area contributed by atoms with Gasteiger partial charge in [0.25, 0.3) is 10.0 Å². The molecule has 0 amide bonds. The number of aliphatic hydroxyl groups excluding tert-OH is 1. The molecule has 1 unspecified atom stereocenters. The van der Waals surface area contributed by atoms with Gasteiger partial charge < -0.3 is 5.11 Å². The lowest BCUT2D eigenvalue weighted by atomic mass is 10.0. The lowest BCUT2D eigenvalue weighted by molar-refractivity contribution is 0.0668. The first-order valence-electron chi connectivity index (χ1n) is 13.4. The first-order chi connectivity index (χ1) is 19.3. The number of β-amino-alcohol motifs (C(OH)–C–C–N with tert-alkyl or cyclic N) is 1. The quantitative estimate of drug-likeness (QED) is 0.278. The smallest absolute Gasteiger partial charge is 0.269 e. The highest BCUT2D eigenvalue weighted by atomic mass is 32.2. The minimum absolute atomic E-state index is 0.170. The van der Waals surface area contributed by atoms with Crippen molar-refractivity contribution in [2.24, 2.45) is 0 Å². The van der Waals surface area contributed by atoms with E-state index in [1.165, 1.54) is 16.1 Å². The van der Waals surface area contributed by atoms with Gasteiger partial charge in [-0.2, -0.15) is 0 Å². The van der Waals surface area contributed by atoms with Crippen LogP contribution >= 0.6 is 0 Å². The van der Waals surface area contributed by atoms with Crippen LogP contribution in [0, 0.1) is 12.7 Å². The normalized spacial score (nSPS) is 16.4. The summed E-state index contributed by atoms with van der Waals surface area (Å²) in [7, 11) is -3.92. The number of hydrogen-bond donors (Lipinski definition) is 1. The molecule has 204 valence electrons. The van der Waals surface area contributed by atoms with Crippen LogP contribution < -0.4 is 0 Å². The molecule has 0 saturated carbocycles. The number of aryl methyl sites for hydroxylation is 1. The van der Waals surface area contributed by atoms with Crippen molar-refractivity contribution in [2.75, 3.05) is 13.1 Å². The molecule has 0 aliphatic carbocycles. The molecule has 5 aromatic rings. The van der Waals surface area contributed by atoms with Gasteiger partial charge in [0.2, 0.25) is 0 Å². The monoisotopic (exact) mass is 555 g/mol. The van der Waals surface area contributed by atoms with Crippen molar-refractivity contribution >= 4 is 21.1 Å². The Hall–Kier alpha value is -3.85. The van der Waals surface area contributed by atoms with Crippen LogP contribution in [0.1, 0.15) is 24.0 Å². The molecule has 0 radical (unpaired) electrons. The second-order valence-electron chi connectivity index (χ2n) is 10.5. The second-order valence-corrected chi connectivity index (χ2v) is 12.3. The fourth-order valence-electron chi connectivity index (χ4n) is 5.34. The molecule has 40 heavy (non-hydrogen) atoms. The van der Waals surface area contributed by atoms with E-state index in [9.17, 15) is 17.9 Å². The summed E-state index contributed by atoms with van der Waals surface area (Å²) < 4.78 is 42.3. The van der Waals surface area contributed by atoms with Crippen molar-refractivity contribution in [3.05, 3.63) is 108 Å². The third-order valence-electron chi connectivity index (χ3n) is 7.52. The van der Waals surface area contributed by atoms with Gasteiger partial charge in [-0.25, -0.2) is 21.8 Å². The predicted molar refractivity (Wildman–Crippen MR) is 155 cm³/mol. The zero-order chi connectivity index (χ0) is 27.9. The van der Waals surface area contributed by atoms with E-state index in [0.29, 0.717) is 28.7 Å². The topological polar surface area (TPSA) is 75.4 Å². The minimum atomic E-state index is -3.92. The third-order valence-corrected chi connectivity index (χ3v) is 9.18. The van der Waals surface area contributed by atoms with Gasteiger partial charge in [0, 0.05) is 42.0 Å². The van der Waals surface area contributed by atoms with Crippen LogP contribution in [0.4, 0.5) is 4.39 Å². The summed E-state index contributed by atoms with van der Waals surface area (Å²) in [5, 5.41) is 10.6. The number of fused-ring (bicyclic) bond motifs is 1. The minimum Gasteiger partial charge on any atom is -0.392 e. The molecule has 1 saturated heterocycles. The molecule has 6 rings (SSSR count). The number of pyridine rings is 1. The van der Waals surface area contributed by atoms with Crippen LogP contribution in [0.25, 0.3) is 33.3 Å². The molecular weight excluding hydrogens is 525 g/mol. The molecule has 3 aromatic carbocycles. The van der Waals surface area contributed by atoms with Crippen molar-refractivity contribution in [1.82, 2.24) is 13.9 Å². The number of rotatable bonds is 6. The lowest BCUT2D eigenvalue weighted by Gasteiger charge is -2.29. The van der Waals surface area contributed by atoms with Crippen LogP contribution in [0.5, 0.6) is 0 Å². The zero-order valence-electron chi connectivity index (χ0n) is 22.2. The largest absolute Gasteiger partial charge is 0.392 e. The maximum atomic E-state index is 13.7. The van der Waals surface area contributed by atoms with Crippen LogP contribution in [0.2, 0.25) is 0 Å². The number of aromatic nitrogens is 2. The SMILES string of the molecule is Cc1ccc(S(=O)(=O)n2cc(-c3ccc(F)cc3)c3cc(-c4ccc(CN5CCCC(O)C5)cc4)cnc32)cc1. The van der Waals surface area contributed by atoms with E-state index in [1.807, 2.05) is 25.1 Å². The molecule has 1 atom stereocenters. The van der Waals surface area contributed by atoms with E-state index in [1.54, 1.807) is 48.8 Å². The van der Waals surface area contributed by atoms with E-state index in [2.05, 4.69) is 22.0 Å². The van der Waals surface area contributed by atoms with Gasteiger partial charge in [-0.05, 0) is 73.3 Å². The Morgan fingerprint density at radius 2 is 1.65 bits per heavy atom. The Balaban J connectivity index is 1.40. The average Bonchev–Trinajstić information content (AvgIpc) is 3.34. The second kappa shape index (κ2) is 10.6. The summed E-state index contributed by atoms with van der Waals surface area (Å²) in [6.07, 6.45) is 4.86. The molecule has 6 nitrogen and oxygen atoms in total. The fourth-order valence-corrected chi connectivity index (χ4v) is 6.66. The number of halogens is 1. The van der Waals surface area contributed by atoms with E-state index in [4.69, 9.17) is 0 Å². The highest BCUT2D eigenvalue weighted by Crippen LogP contribution is 2.35. The summed E-state index contributed by atoms with van der Waals surface area (Å²) in [4.78, 5) is 7.07. The van der Waals surface area contributed by atoms with Gasteiger partial charge in [0.1, 0.15) is 5.82 Å². The van der Waals surface area contributed by atoms with Gasteiger partial charge in [-0.3, -0.25) is 4.90 Å². The molecule has 8 heteroatoms. The zero-order valence-corrected chi connectivity index (χ0v) is 23.0. The number of nitrogens with zero attached hydrogens (tertiary/aromatic N) is 3. The first-order valence-corrected chi connectivity index (χ1v) is 14.8. The third kappa shape index (κ3) is 5.18. The molecule has 0 bridgehead atoms. The van der Waals surface area contributed by atoms with Gasteiger partial charge in [-0.15, -0.1) is 0 Å². The van der Waals surface area contributed by atoms with Crippen molar-refractivity contribution in [2.45, 2.75) is 37.3 Å². The Morgan fingerprint density at radius 1 is 0.950 bits per heavy atom. The Kier molecular flexibility index (Phi) is 7.00. The van der Waals surface area contributed by atoms with E-state index in [0.717, 1.165) is 48.2 Å². The van der Waals surface area contributed by atoms with E-state index in [-0.39, 0.29) is 16.8 Å². The van der Waals surface area contributed by atoms with E-state index >= 15 is 0 Å². The summed E-state index contributed by atoms with van der Waals surface area (Å²) in [6, 6.07) is 22.9. The van der Waals surface area contributed by atoms with Crippen molar-refractivity contribution in [1.29, 1.82) is 0 Å². The van der Waals surface area contributed by atoms with Crippen LogP contribution in [-0.2, 0) is 16.6 Å². The average molecular weight is 556 g/mol. The number of piperidine rings is 1. The number of hydrogen-bond acceptors (Lipinski definition) is 5. The summed E-state index contributed by atoms with van der Waals surface area (Å²) in [6.45, 7) is 4.36. The summed E-state index contributed by atoms with van der Waals surface area (Å²) in [5.74, 6) is -0.363. The highest BCUT2D eigenvalue weighted by molar-refractivity contribution is 7.90. The fraction of sp³-hybridized carbons (Fsp3) is 0.219. The maximum absolute atomic E-state index is 13.7. The first kappa shape index (κ1) is 26.4. The molecule has 1 aliphatic rings. The Labute approximate surface area is 233 Å². The molecule has 2 aromatic heterocycles. The van der Waals surface area contributed by atoms with Gasteiger partial charge >= 0.3 is 0 Å². The Bertz CT molecular complexity index is 1760. The predicted octanol–water partition coefficient (Wildman–Crippen LogP) is 6.01. The van der Waals surface area contributed by atoms with Gasteiger partial charge in [0.15, 0.2) is 5.65 Å². The van der Waals surface area contributed by atoms with Crippen LogP contribution in [0.15, 0.2) is 96.2 Å². The van der Waals surface area contributed by atoms with Crippen molar-refractivity contribution in [3.8, 4) is 22.3 Å². The van der Waals surface area contributed by atoms with E-state index < -0.39 is 10.0 Å². The van der Waals surface area contributed by atoms with Crippen molar-refractivity contribution < 1.29 is 17.9 Å². The standard InChI is InChI=1S/C32H30FN3O3S/c1-22-4-14-29(15-5-22)40(38,39)36-21-31(25-10-12-27(33)13-11-25)30-17-26(18-34-32(30)36)24-8-6-23(7-9-24)19-35-16-2-3-28(37)20-35/h4-15,17-18,21,28,37H,2-3,16,19-20H2,1H3. The lowest BCUT2D eigenvalue weighted by Crippen LogP contribution is -2.37. The number of likely N-dealkylation sites (tertiary alicyclic amines) is 1. The molecule has 1 aliphatic heterocycles. The highest BCUT2D eigenvalue weighted by Gasteiger charge is 2.23. The molecule has 1 fully saturated rings. The van der Waals surface area contributed by atoms with Gasteiger partial charge in [0.05, 0.1) is 11.0 Å². The Morgan fingerprint density at radius 3 is 2.35 bits per heavy atom. The number of aliphatic hydroxyl groups is 1. The van der Waals surface area contributed by atoms with Crippen LogP contribution in [-0.4, -0.2) is 46.6 Å². The van der Waals surface area contributed by atoms with Crippen LogP contribution in [0.3, 0.4) is 0 Å². The summed E-state index contributed by atoms with van der Waals surface area (Å²) >= 11 is 0.